The predicted molar refractivity (Wildman–Crippen MR) is 308 cm³/mol. The Morgan fingerprint density at radius 2 is 1.00 bits per heavy atom. The summed E-state index contributed by atoms with van der Waals surface area (Å²) < 4.78 is 73.6. The van der Waals surface area contributed by atoms with Crippen LogP contribution in [0.5, 0.6) is 0 Å². The molecule has 0 saturated heterocycles. The molecule has 8 rings (SSSR count). The first-order chi connectivity index (χ1) is 35.4. The molecule has 2 N–H and O–H groups in total. The third-order valence-electron chi connectivity index (χ3n) is 12.2. The summed E-state index contributed by atoms with van der Waals surface area (Å²) in [5.41, 5.74) is 4.13. The third kappa shape index (κ3) is 16.9. The number of fused-ring (bicyclic) bond motifs is 3. The van der Waals surface area contributed by atoms with Crippen molar-refractivity contribution in [2.24, 2.45) is 4.99 Å². The first kappa shape index (κ1) is 63.0. The van der Waals surface area contributed by atoms with Crippen LogP contribution in [0, 0.1) is 0 Å². The molecular formula is C58H71ClN4O9S3. The average Bonchev–Trinajstić information content (AvgIpc) is 3.86. The van der Waals surface area contributed by atoms with Crippen LogP contribution in [-0.2, 0) is 29.5 Å². The van der Waals surface area contributed by atoms with Gasteiger partial charge in [0.2, 0.25) is 25.5 Å². The number of carbonyl (C=O) groups is 2. The second kappa shape index (κ2) is 30.3. The van der Waals surface area contributed by atoms with Gasteiger partial charge in [-0.3, -0.25) is 14.6 Å². The fourth-order valence-electron chi connectivity index (χ4n) is 7.66. The predicted octanol–water partition coefficient (Wildman–Crippen LogP) is 12.2. The summed E-state index contributed by atoms with van der Waals surface area (Å²) >= 11 is 0. The number of sulfone groups is 3. The van der Waals surface area contributed by atoms with Crippen LogP contribution in [-0.4, -0.2) is 103 Å². The molecule has 0 atom stereocenters. The minimum atomic E-state index is -3.99. The molecule has 0 spiro atoms. The molecule has 402 valence electrons. The quantitative estimate of drug-likeness (QED) is 0.0792. The van der Waals surface area contributed by atoms with Crippen molar-refractivity contribution in [2.75, 3.05) is 50.3 Å². The van der Waals surface area contributed by atoms with Gasteiger partial charge in [0.25, 0.3) is 0 Å². The molecule has 5 aromatic rings. The number of ketones is 2. The number of carbonyl (C=O) groups excluding carboxylic acids is 2. The Kier molecular flexibility index (Phi) is 25.5. The van der Waals surface area contributed by atoms with E-state index in [0.29, 0.717) is 11.1 Å². The molecule has 3 aliphatic rings. The number of rotatable bonds is 14. The Labute approximate surface area is 451 Å². The molecule has 75 heavy (non-hydrogen) atoms. The lowest BCUT2D eigenvalue weighted by Crippen LogP contribution is -2.21. The molecule has 0 aliphatic carbocycles. The van der Waals surface area contributed by atoms with E-state index in [-0.39, 0.29) is 61.1 Å². The van der Waals surface area contributed by atoms with Crippen molar-refractivity contribution in [2.45, 2.75) is 82.9 Å². The van der Waals surface area contributed by atoms with Gasteiger partial charge >= 0.3 is 0 Å². The Bertz CT molecular complexity index is 3180. The van der Waals surface area contributed by atoms with Gasteiger partial charge in [0.05, 0.1) is 20.4 Å². The van der Waals surface area contributed by atoms with Gasteiger partial charge in [-0.1, -0.05) is 134 Å². The SMILES string of the molecule is CCC(=CC1=C(O)c2ccccc2S1(=O)=O)C=C1C(=O)c2ccccc2S1(=O)=O.CCC(C=Nc1ccccc1)=CNc1ccccc1.CCN(CC)CC.CCN(CC)CC.Cl.O=C1CS(=O)(=O)c2ccccc21. The van der Waals surface area contributed by atoms with Gasteiger partial charge in [0.1, 0.15) is 21.3 Å². The van der Waals surface area contributed by atoms with Gasteiger partial charge in [-0.25, -0.2) is 25.3 Å². The number of benzene rings is 5. The van der Waals surface area contributed by atoms with Crippen molar-refractivity contribution in [3.63, 3.8) is 0 Å². The van der Waals surface area contributed by atoms with Gasteiger partial charge in [-0.15, -0.1) is 12.4 Å². The fourth-order valence-corrected chi connectivity index (χ4v) is 12.3. The lowest BCUT2D eigenvalue weighted by atomic mass is 10.1. The molecule has 17 heteroatoms. The molecule has 0 amide bonds. The summed E-state index contributed by atoms with van der Waals surface area (Å²) in [4.78, 5) is 32.3. The molecule has 0 saturated carbocycles. The van der Waals surface area contributed by atoms with Crippen LogP contribution in [0.15, 0.2) is 192 Å². The Balaban J connectivity index is 0.000000276. The molecule has 5 aromatic carbocycles. The topological polar surface area (TPSA) is 188 Å². The number of aliphatic imine (C=N–C) groups is 1. The molecule has 3 aliphatic heterocycles. The number of halogens is 1. The van der Waals surface area contributed by atoms with E-state index in [9.17, 15) is 39.9 Å². The van der Waals surface area contributed by atoms with Gasteiger partial charge in [0, 0.05) is 34.8 Å². The molecule has 0 bridgehead atoms. The van der Waals surface area contributed by atoms with Crippen molar-refractivity contribution in [1.82, 2.24) is 9.80 Å². The number of Topliss-reactive ketones (excluding diaryl/α,β-unsaturated/α-hetero) is 2. The molecule has 0 radical (unpaired) electrons. The minimum absolute atomic E-state index is 0. The second-order valence-corrected chi connectivity index (χ2v) is 22.4. The van der Waals surface area contributed by atoms with Crippen LogP contribution in [0.1, 0.15) is 94.5 Å². The number of hydrogen-bond acceptors (Lipinski definition) is 13. The van der Waals surface area contributed by atoms with E-state index in [1.54, 1.807) is 43.3 Å². The van der Waals surface area contributed by atoms with Crippen LogP contribution in [0.2, 0.25) is 0 Å². The minimum Gasteiger partial charge on any atom is -0.506 e. The van der Waals surface area contributed by atoms with Gasteiger partial charge in [-0.2, -0.15) is 0 Å². The summed E-state index contributed by atoms with van der Waals surface area (Å²) in [7, 11) is -11.2. The lowest BCUT2D eigenvalue weighted by Gasteiger charge is -2.13. The maximum Gasteiger partial charge on any atom is 0.211 e. The highest BCUT2D eigenvalue weighted by Gasteiger charge is 2.39. The van der Waals surface area contributed by atoms with Gasteiger partial charge in [0.15, 0.2) is 15.6 Å². The van der Waals surface area contributed by atoms with Gasteiger partial charge in [-0.05, 0) is 130 Å². The highest BCUT2D eigenvalue weighted by Crippen LogP contribution is 2.40. The summed E-state index contributed by atoms with van der Waals surface area (Å²) in [6.07, 6.45) is 7.52. The molecule has 3 heterocycles. The summed E-state index contributed by atoms with van der Waals surface area (Å²) in [6.45, 7) is 24.1. The van der Waals surface area contributed by atoms with Crippen LogP contribution < -0.4 is 5.32 Å². The number of nitrogens with one attached hydrogen (secondary N) is 1. The zero-order chi connectivity index (χ0) is 54.5. The molecule has 0 unspecified atom stereocenters. The molecule has 0 aromatic heterocycles. The van der Waals surface area contributed by atoms with E-state index in [4.69, 9.17) is 0 Å². The fraction of sp³-hybridized carbons (Fsp3) is 0.293. The van der Waals surface area contributed by atoms with E-state index < -0.39 is 46.0 Å². The van der Waals surface area contributed by atoms with E-state index in [2.05, 4.69) is 68.6 Å². The lowest BCUT2D eigenvalue weighted by molar-refractivity contribution is 0.102. The number of para-hydroxylation sites is 2. The smallest absolute Gasteiger partial charge is 0.211 e. The molecule has 13 nitrogen and oxygen atoms in total. The van der Waals surface area contributed by atoms with E-state index in [1.165, 1.54) is 87.8 Å². The zero-order valence-corrected chi connectivity index (χ0v) is 47.3. The van der Waals surface area contributed by atoms with Crippen LogP contribution in [0.4, 0.5) is 11.4 Å². The summed E-state index contributed by atoms with van der Waals surface area (Å²) in [5, 5.41) is 13.7. The largest absolute Gasteiger partial charge is 0.506 e. The molecule has 0 fully saturated rings. The second-order valence-electron chi connectivity index (χ2n) is 16.7. The number of allylic oxidation sites excluding steroid dienone is 5. The number of aliphatic hydroxyl groups excluding tert-OH is 1. The van der Waals surface area contributed by atoms with Crippen molar-refractivity contribution >= 4 is 76.8 Å². The summed E-state index contributed by atoms with van der Waals surface area (Å²) in [5.74, 6) is -1.69. The Morgan fingerprint density at radius 1 is 0.560 bits per heavy atom. The average molecular weight is 1100 g/mol. The number of nitrogens with zero attached hydrogens (tertiary/aromatic N) is 3. The van der Waals surface area contributed by atoms with Crippen molar-refractivity contribution in [3.05, 3.63) is 189 Å². The van der Waals surface area contributed by atoms with E-state index >= 15 is 0 Å². The molecular weight excluding hydrogens is 1030 g/mol. The third-order valence-corrected chi connectivity index (χ3v) is 17.5. The normalized spacial score (nSPS) is 16.0. The summed E-state index contributed by atoms with van der Waals surface area (Å²) in [6, 6.07) is 38.4. The number of aliphatic hydroxyl groups is 1. The monoisotopic (exact) mass is 1100 g/mol. The van der Waals surface area contributed by atoms with E-state index in [0.717, 1.165) is 23.4 Å². The zero-order valence-electron chi connectivity index (χ0n) is 44.1. The Hall–Kier alpha value is -6.27. The number of anilines is 1. The van der Waals surface area contributed by atoms with Crippen LogP contribution in [0.25, 0.3) is 5.76 Å². The Morgan fingerprint density at radius 3 is 1.45 bits per heavy atom. The van der Waals surface area contributed by atoms with E-state index in [1.807, 2.05) is 73.1 Å². The van der Waals surface area contributed by atoms with Crippen LogP contribution in [0.3, 0.4) is 0 Å². The highest BCUT2D eigenvalue weighted by atomic mass is 35.5. The van der Waals surface area contributed by atoms with Crippen LogP contribution >= 0.6 is 12.4 Å². The highest BCUT2D eigenvalue weighted by molar-refractivity contribution is 7.97. The maximum absolute atomic E-state index is 12.8. The van der Waals surface area contributed by atoms with Gasteiger partial charge < -0.3 is 20.2 Å². The number of hydrogen-bond donors (Lipinski definition) is 2. The standard InChI is InChI=1S/C21H16O6S2.C17H18N2.C8H6O3S.2C6H15N.ClH/c1-2-13(11-18-20(22)14-7-3-5-9-16(14)28(18,24)25)12-19-21(23)15-8-4-6-10-17(15)29(19,26)27;1-2-15(13-18-16-9-5-3-6-10-16)14-19-17-11-7-4-8-12-17;9-7-5-12(10,11)8-4-2-1-3-6(7)8;2*1-4-7(5-2)6-3;/h3-12,22H,2H2,1H3;3-14,18H,2H2,1H3;1-4H,5H2;2*4-6H2,1-3H3;1H. The van der Waals surface area contributed by atoms with Crippen molar-refractivity contribution < 1.29 is 39.9 Å². The maximum atomic E-state index is 12.8. The first-order valence-electron chi connectivity index (χ1n) is 24.9. The first-order valence-corrected chi connectivity index (χ1v) is 29.5. The van der Waals surface area contributed by atoms with Crippen molar-refractivity contribution in [3.8, 4) is 0 Å². The van der Waals surface area contributed by atoms with Crippen molar-refractivity contribution in [1.29, 1.82) is 0 Å².